The average Bonchev–Trinajstić information content (AvgIpc) is 3.58. The van der Waals surface area contributed by atoms with Crippen LogP contribution >= 0.6 is 0 Å². The van der Waals surface area contributed by atoms with Crippen LogP contribution in [-0.4, -0.2) is 74.2 Å². The van der Waals surface area contributed by atoms with Gasteiger partial charge in [-0.1, -0.05) is 11.6 Å². The Morgan fingerprint density at radius 1 is 1.25 bits per heavy atom. The van der Waals surface area contributed by atoms with E-state index < -0.39 is 0 Å². The summed E-state index contributed by atoms with van der Waals surface area (Å²) >= 11 is 0. The zero-order chi connectivity index (χ0) is 22.7. The van der Waals surface area contributed by atoms with Gasteiger partial charge in [-0.3, -0.25) is 4.79 Å². The molecule has 0 aromatic carbocycles. The van der Waals surface area contributed by atoms with Crippen LogP contribution < -0.4 is 0 Å². The lowest BCUT2D eigenvalue weighted by Crippen LogP contribution is -2.55. The van der Waals surface area contributed by atoms with Gasteiger partial charge in [-0.2, -0.15) is 0 Å². The molecule has 3 heterocycles. The van der Waals surface area contributed by atoms with Gasteiger partial charge in [0.05, 0.1) is 18.6 Å². The van der Waals surface area contributed by atoms with Crippen molar-refractivity contribution in [3.63, 3.8) is 0 Å². The van der Waals surface area contributed by atoms with Crippen LogP contribution in [0.5, 0.6) is 0 Å². The van der Waals surface area contributed by atoms with E-state index in [1.807, 2.05) is 0 Å². The third-order valence-electron chi connectivity index (χ3n) is 9.05. The minimum absolute atomic E-state index is 0.0578. The maximum Gasteiger partial charge on any atom is 0.306 e. The summed E-state index contributed by atoms with van der Waals surface area (Å²) < 4.78 is 24.4. The van der Waals surface area contributed by atoms with E-state index in [9.17, 15) is 4.79 Å². The van der Waals surface area contributed by atoms with Gasteiger partial charge in [-0.25, -0.2) is 0 Å². The first-order valence-electron chi connectivity index (χ1n) is 12.5. The number of likely N-dealkylation sites (tertiary alicyclic amines) is 1. The van der Waals surface area contributed by atoms with Crippen molar-refractivity contribution in [1.29, 1.82) is 0 Å². The molecule has 6 heteroatoms. The van der Waals surface area contributed by atoms with Gasteiger partial charge < -0.3 is 23.8 Å². The standard InChI is InChI=1S/C26H41NO5/c1-17(2)6-7-20-24(3,32-20)23-22(29-5)19(8-9-26(23)16-30-26)31-21(28)12-18-13-25(14-18)10-11-27(4)15-25/h6,18-20,22-23H,7-16H2,1-5H3/t18?,19-,20-,22-,23-,24+,25?,26+/m1/s1. The molecule has 6 nitrogen and oxygen atoms in total. The SMILES string of the molecule is CO[C@@H]1[C@H](OC(=O)CC2CC3(CCN(C)C3)C2)CC[C@]2(CO2)[C@H]1[C@@]1(C)O[C@@H]1CC=C(C)C. The zero-order valence-corrected chi connectivity index (χ0v) is 20.5. The van der Waals surface area contributed by atoms with Crippen molar-refractivity contribution in [1.82, 2.24) is 4.90 Å². The Hall–Kier alpha value is -0.950. The van der Waals surface area contributed by atoms with Crippen LogP contribution in [0.15, 0.2) is 11.6 Å². The van der Waals surface area contributed by atoms with Gasteiger partial charge in [0.1, 0.15) is 23.4 Å². The fourth-order valence-corrected chi connectivity index (χ4v) is 7.32. The lowest BCUT2D eigenvalue weighted by molar-refractivity contribution is -0.174. The van der Waals surface area contributed by atoms with Gasteiger partial charge in [-0.05, 0) is 84.2 Å². The number of carbonyl (C=O) groups excluding carboxylic acids is 1. The molecule has 6 atom stereocenters. The summed E-state index contributed by atoms with van der Waals surface area (Å²) in [6.07, 6.45) is 8.78. The van der Waals surface area contributed by atoms with Crippen molar-refractivity contribution in [2.75, 3.05) is 33.9 Å². The molecule has 5 aliphatic rings. The van der Waals surface area contributed by atoms with Gasteiger partial charge in [-0.15, -0.1) is 0 Å². The average molecular weight is 448 g/mol. The normalized spacial score (nSPS) is 47.3. The van der Waals surface area contributed by atoms with Crippen molar-refractivity contribution in [3.8, 4) is 0 Å². The number of epoxide rings is 2. The molecule has 180 valence electrons. The Kier molecular flexibility index (Phi) is 5.76. The number of methoxy groups -OCH3 is 1. The number of hydrogen-bond donors (Lipinski definition) is 0. The predicted octanol–water partition coefficient (Wildman–Crippen LogP) is 3.73. The molecule has 3 aliphatic heterocycles. The van der Waals surface area contributed by atoms with Crippen LogP contribution in [0.3, 0.4) is 0 Å². The molecule has 2 spiro atoms. The Labute approximate surface area is 193 Å². The van der Waals surface area contributed by atoms with Crippen molar-refractivity contribution in [3.05, 3.63) is 11.6 Å². The molecule has 0 aromatic heterocycles. The summed E-state index contributed by atoms with van der Waals surface area (Å²) in [6, 6.07) is 0. The third-order valence-corrected chi connectivity index (χ3v) is 9.05. The van der Waals surface area contributed by atoms with E-state index in [0.717, 1.165) is 25.9 Å². The van der Waals surface area contributed by atoms with E-state index in [0.29, 0.717) is 17.8 Å². The van der Waals surface area contributed by atoms with Crippen molar-refractivity contribution >= 4 is 5.97 Å². The summed E-state index contributed by atoms with van der Waals surface area (Å²) in [6.45, 7) is 9.55. The second-order valence-corrected chi connectivity index (χ2v) is 11.9. The molecular formula is C26H41NO5. The first kappa shape index (κ1) is 22.8. The van der Waals surface area contributed by atoms with Crippen molar-refractivity contribution in [2.24, 2.45) is 17.3 Å². The highest BCUT2D eigenvalue weighted by molar-refractivity contribution is 5.70. The number of nitrogens with zero attached hydrogens (tertiary/aromatic N) is 1. The summed E-state index contributed by atoms with van der Waals surface area (Å²) in [5, 5.41) is 0. The van der Waals surface area contributed by atoms with E-state index in [1.54, 1.807) is 7.11 Å². The summed E-state index contributed by atoms with van der Waals surface area (Å²) in [5.74, 6) is 0.506. The highest BCUT2D eigenvalue weighted by Crippen LogP contribution is 2.60. The summed E-state index contributed by atoms with van der Waals surface area (Å²) in [7, 11) is 3.94. The first-order valence-corrected chi connectivity index (χ1v) is 12.5. The maximum absolute atomic E-state index is 12.9. The zero-order valence-electron chi connectivity index (χ0n) is 20.5. The minimum atomic E-state index is -0.289. The molecular weight excluding hydrogens is 406 g/mol. The van der Waals surface area contributed by atoms with Gasteiger partial charge in [0.25, 0.3) is 0 Å². The quantitative estimate of drug-likeness (QED) is 0.337. The summed E-state index contributed by atoms with van der Waals surface area (Å²) in [5.41, 5.74) is 1.31. The van der Waals surface area contributed by atoms with E-state index in [2.05, 4.69) is 38.8 Å². The van der Waals surface area contributed by atoms with E-state index in [4.69, 9.17) is 18.9 Å². The van der Waals surface area contributed by atoms with Crippen LogP contribution in [0.2, 0.25) is 0 Å². The van der Waals surface area contributed by atoms with Gasteiger partial charge in [0, 0.05) is 20.1 Å². The topological polar surface area (TPSA) is 63.8 Å². The molecule has 0 radical (unpaired) electrons. The fraction of sp³-hybridized carbons (Fsp3) is 0.885. The van der Waals surface area contributed by atoms with E-state index in [1.165, 1.54) is 37.9 Å². The number of allylic oxidation sites excluding steroid dienone is 1. The second kappa shape index (κ2) is 8.07. The largest absolute Gasteiger partial charge is 0.460 e. The number of ether oxygens (including phenoxy) is 4. The lowest BCUT2D eigenvalue weighted by atomic mass is 9.60. The Morgan fingerprint density at radius 3 is 2.59 bits per heavy atom. The molecule has 5 fully saturated rings. The molecule has 2 aliphatic carbocycles. The number of rotatable bonds is 7. The van der Waals surface area contributed by atoms with E-state index >= 15 is 0 Å². The van der Waals surface area contributed by atoms with E-state index in [-0.39, 0.29) is 41.4 Å². The van der Waals surface area contributed by atoms with Crippen LogP contribution in [0.4, 0.5) is 0 Å². The predicted molar refractivity (Wildman–Crippen MR) is 121 cm³/mol. The summed E-state index contributed by atoms with van der Waals surface area (Å²) in [4.78, 5) is 15.3. The Bertz CT molecular complexity index is 766. The van der Waals surface area contributed by atoms with Gasteiger partial charge >= 0.3 is 5.97 Å². The molecule has 0 aromatic rings. The molecule has 0 amide bonds. The molecule has 5 rings (SSSR count). The van der Waals surface area contributed by atoms with Crippen molar-refractivity contribution in [2.45, 2.75) is 95.2 Å². The molecule has 0 N–H and O–H groups in total. The Morgan fingerprint density at radius 2 is 2.00 bits per heavy atom. The van der Waals surface area contributed by atoms with Crippen molar-refractivity contribution < 1.29 is 23.7 Å². The van der Waals surface area contributed by atoms with Gasteiger partial charge in [0.15, 0.2) is 0 Å². The maximum atomic E-state index is 12.9. The third kappa shape index (κ3) is 4.06. The van der Waals surface area contributed by atoms with Crippen LogP contribution in [0, 0.1) is 17.3 Å². The highest BCUT2D eigenvalue weighted by atomic mass is 16.6. The van der Waals surface area contributed by atoms with Crippen LogP contribution in [-0.2, 0) is 23.7 Å². The molecule has 3 saturated heterocycles. The Balaban J connectivity index is 1.20. The smallest absolute Gasteiger partial charge is 0.306 e. The van der Waals surface area contributed by atoms with Crippen LogP contribution in [0.1, 0.15) is 65.7 Å². The number of esters is 1. The highest BCUT2D eigenvalue weighted by Gasteiger charge is 2.72. The first-order chi connectivity index (χ1) is 15.2. The monoisotopic (exact) mass is 447 g/mol. The number of carbonyl (C=O) groups is 1. The van der Waals surface area contributed by atoms with Gasteiger partial charge in [0.2, 0.25) is 0 Å². The number of hydrogen-bond acceptors (Lipinski definition) is 6. The molecule has 0 bridgehead atoms. The van der Waals surface area contributed by atoms with Crippen LogP contribution in [0.25, 0.3) is 0 Å². The molecule has 2 saturated carbocycles. The fourth-order valence-electron chi connectivity index (χ4n) is 7.32. The minimum Gasteiger partial charge on any atom is -0.460 e. The molecule has 32 heavy (non-hydrogen) atoms. The second-order valence-electron chi connectivity index (χ2n) is 11.9. The lowest BCUT2D eigenvalue weighted by Gasteiger charge is -2.45. The molecule has 0 unspecified atom stereocenters.